The van der Waals surface area contributed by atoms with Crippen molar-refractivity contribution in [3.05, 3.63) is 30.1 Å². The van der Waals surface area contributed by atoms with Crippen LogP contribution < -0.4 is 10.2 Å². The molecule has 1 aliphatic heterocycles. The molecule has 108 valence electrons. The van der Waals surface area contributed by atoms with E-state index in [4.69, 9.17) is 4.74 Å². The maximum Gasteiger partial charge on any atom is 0.245 e. The Labute approximate surface area is 116 Å². The number of ether oxygens (including phenoxy) is 1. The molecule has 1 aromatic carbocycles. The number of anilines is 1. The Balaban J connectivity index is 1.90. The lowest BCUT2D eigenvalue weighted by atomic mass is 10.1. The van der Waals surface area contributed by atoms with Crippen molar-refractivity contribution in [2.45, 2.75) is 6.42 Å². The molecule has 1 fully saturated rings. The van der Waals surface area contributed by atoms with E-state index in [1.807, 2.05) is 0 Å². The first-order valence-electron chi connectivity index (χ1n) is 6.41. The van der Waals surface area contributed by atoms with Gasteiger partial charge in [-0.15, -0.1) is 0 Å². The molecule has 1 N–H and O–H groups in total. The van der Waals surface area contributed by atoms with Crippen molar-refractivity contribution < 1.29 is 18.7 Å². The molecule has 1 heterocycles. The molecular formula is C14H17FN2O3. The molecule has 0 saturated carbocycles. The van der Waals surface area contributed by atoms with Crippen molar-refractivity contribution in [2.24, 2.45) is 5.92 Å². The average molecular weight is 280 g/mol. The minimum absolute atomic E-state index is 0.0115. The van der Waals surface area contributed by atoms with Crippen LogP contribution in [0.3, 0.4) is 0 Å². The molecule has 2 rings (SSSR count). The summed E-state index contributed by atoms with van der Waals surface area (Å²) < 4.78 is 17.6. The van der Waals surface area contributed by atoms with Crippen LogP contribution in [0.5, 0.6) is 0 Å². The van der Waals surface area contributed by atoms with E-state index >= 15 is 0 Å². The fourth-order valence-corrected chi connectivity index (χ4v) is 2.23. The van der Waals surface area contributed by atoms with Gasteiger partial charge in [0.2, 0.25) is 11.8 Å². The quantitative estimate of drug-likeness (QED) is 0.873. The largest absolute Gasteiger partial charge is 0.375 e. The van der Waals surface area contributed by atoms with E-state index in [9.17, 15) is 14.0 Å². The highest BCUT2D eigenvalue weighted by atomic mass is 19.1. The number of carbonyl (C=O) groups excluding carboxylic acids is 2. The fourth-order valence-electron chi connectivity index (χ4n) is 2.23. The smallest absolute Gasteiger partial charge is 0.245 e. The summed E-state index contributed by atoms with van der Waals surface area (Å²) in [5.41, 5.74) is 0.683. The second-order valence-corrected chi connectivity index (χ2v) is 4.79. The van der Waals surface area contributed by atoms with Gasteiger partial charge >= 0.3 is 0 Å². The zero-order valence-corrected chi connectivity index (χ0v) is 11.3. The third kappa shape index (κ3) is 3.54. The van der Waals surface area contributed by atoms with Gasteiger partial charge in [0.25, 0.3) is 0 Å². The van der Waals surface area contributed by atoms with Crippen LogP contribution in [0, 0.1) is 11.7 Å². The van der Waals surface area contributed by atoms with Gasteiger partial charge in [-0.2, -0.15) is 0 Å². The van der Waals surface area contributed by atoms with Crippen LogP contribution >= 0.6 is 0 Å². The highest BCUT2D eigenvalue weighted by Crippen LogP contribution is 2.24. The van der Waals surface area contributed by atoms with Gasteiger partial charge in [0.05, 0.1) is 0 Å². The Morgan fingerprint density at radius 2 is 2.15 bits per heavy atom. The molecule has 1 aliphatic rings. The van der Waals surface area contributed by atoms with Crippen LogP contribution in [-0.4, -0.2) is 38.6 Å². The molecule has 1 atom stereocenters. The number of halogens is 1. The van der Waals surface area contributed by atoms with Gasteiger partial charge in [0, 0.05) is 38.2 Å². The lowest BCUT2D eigenvalue weighted by Gasteiger charge is -2.17. The van der Waals surface area contributed by atoms with E-state index in [1.54, 1.807) is 17.0 Å². The first kappa shape index (κ1) is 14.5. The van der Waals surface area contributed by atoms with E-state index in [-0.39, 0.29) is 30.2 Å². The maximum absolute atomic E-state index is 12.9. The van der Waals surface area contributed by atoms with Crippen LogP contribution in [0.2, 0.25) is 0 Å². The first-order valence-corrected chi connectivity index (χ1v) is 6.41. The van der Waals surface area contributed by atoms with Crippen molar-refractivity contribution in [3.8, 4) is 0 Å². The van der Waals surface area contributed by atoms with E-state index in [0.717, 1.165) is 0 Å². The molecule has 20 heavy (non-hydrogen) atoms. The minimum Gasteiger partial charge on any atom is -0.375 e. The molecule has 0 unspecified atom stereocenters. The summed E-state index contributed by atoms with van der Waals surface area (Å²) in [7, 11) is 1.45. The standard InChI is InChI=1S/C14H17FN2O3/c1-20-9-13(18)16-7-10-6-14(19)17(8-10)12-4-2-11(15)3-5-12/h2-5,10H,6-9H2,1H3,(H,16,18)/t10-/m1/s1. The molecule has 5 nitrogen and oxygen atoms in total. The summed E-state index contributed by atoms with van der Waals surface area (Å²) in [5.74, 6) is -0.472. The molecule has 0 aromatic heterocycles. The molecular weight excluding hydrogens is 263 g/mol. The van der Waals surface area contributed by atoms with Crippen molar-refractivity contribution in [3.63, 3.8) is 0 Å². The Morgan fingerprint density at radius 1 is 1.45 bits per heavy atom. The van der Waals surface area contributed by atoms with Crippen LogP contribution in [0.25, 0.3) is 0 Å². The Kier molecular flexibility index (Phi) is 4.68. The van der Waals surface area contributed by atoms with Gasteiger partial charge in [-0.1, -0.05) is 0 Å². The zero-order valence-electron chi connectivity index (χ0n) is 11.3. The van der Waals surface area contributed by atoms with Gasteiger partial charge in [0.1, 0.15) is 12.4 Å². The van der Waals surface area contributed by atoms with Crippen molar-refractivity contribution in [1.29, 1.82) is 0 Å². The summed E-state index contributed by atoms with van der Waals surface area (Å²) in [5, 5.41) is 2.72. The van der Waals surface area contributed by atoms with Gasteiger partial charge in [-0.25, -0.2) is 4.39 Å². The van der Waals surface area contributed by atoms with E-state index in [2.05, 4.69) is 5.32 Å². The maximum atomic E-state index is 12.9. The molecule has 1 aromatic rings. The van der Waals surface area contributed by atoms with Crippen LogP contribution in [0.1, 0.15) is 6.42 Å². The highest BCUT2D eigenvalue weighted by molar-refractivity contribution is 5.95. The van der Waals surface area contributed by atoms with Crippen LogP contribution in [0.15, 0.2) is 24.3 Å². The first-order chi connectivity index (χ1) is 9.60. The van der Waals surface area contributed by atoms with Crippen molar-refractivity contribution in [1.82, 2.24) is 5.32 Å². The third-order valence-electron chi connectivity index (χ3n) is 3.21. The molecule has 2 amide bonds. The predicted molar refractivity (Wildman–Crippen MR) is 71.7 cm³/mol. The van der Waals surface area contributed by atoms with Crippen molar-refractivity contribution in [2.75, 3.05) is 31.7 Å². The summed E-state index contributed by atoms with van der Waals surface area (Å²) in [4.78, 5) is 24.8. The highest BCUT2D eigenvalue weighted by Gasteiger charge is 2.30. The van der Waals surface area contributed by atoms with E-state index < -0.39 is 0 Å². The molecule has 0 radical (unpaired) electrons. The number of rotatable bonds is 5. The number of nitrogens with one attached hydrogen (secondary N) is 1. The predicted octanol–water partition coefficient (Wildman–Crippen LogP) is 0.941. The van der Waals surface area contributed by atoms with Crippen LogP contribution in [0.4, 0.5) is 10.1 Å². The number of amides is 2. The number of hydrogen-bond acceptors (Lipinski definition) is 3. The SMILES string of the molecule is COCC(=O)NC[C@H]1CC(=O)N(c2ccc(F)cc2)C1. The second kappa shape index (κ2) is 6.47. The monoisotopic (exact) mass is 280 g/mol. The summed E-state index contributed by atoms with van der Waals surface area (Å²) in [6, 6.07) is 5.82. The summed E-state index contributed by atoms with van der Waals surface area (Å²) >= 11 is 0. The molecule has 0 spiro atoms. The van der Waals surface area contributed by atoms with Gasteiger partial charge < -0.3 is 15.0 Å². The molecule has 0 aliphatic carbocycles. The van der Waals surface area contributed by atoms with Crippen LogP contribution in [-0.2, 0) is 14.3 Å². The number of methoxy groups -OCH3 is 1. The Bertz CT molecular complexity index is 490. The van der Waals surface area contributed by atoms with E-state index in [0.29, 0.717) is 25.2 Å². The van der Waals surface area contributed by atoms with Gasteiger partial charge in [0.15, 0.2) is 0 Å². The average Bonchev–Trinajstić information content (AvgIpc) is 2.79. The fraction of sp³-hybridized carbons (Fsp3) is 0.429. The number of hydrogen-bond donors (Lipinski definition) is 1. The number of benzene rings is 1. The normalized spacial score (nSPS) is 18.4. The van der Waals surface area contributed by atoms with Crippen molar-refractivity contribution >= 4 is 17.5 Å². The molecule has 0 bridgehead atoms. The van der Waals surface area contributed by atoms with Gasteiger partial charge in [-0.05, 0) is 24.3 Å². The summed E-state index contributed by atoms with van der Waals surface area (Å²) in [6.07, 6.45) is 0.380. The zero-order chi connectivity index (χ0) is 14.5. The minimum atomic E-state index is -0.330. The topological polar surface area (TPSA) is 58.6 Å². The van der Waals surface area contributed by atoms with E-state index in [1.165, 1.54) is 19.2 Å². The molecule has 6 heteroatoms. The summed E-state index contributed by atoms with van der Waals surface area (Å²) in [6.45, 7) is 0.978. The molecule has 1 saturated heterocycles. The van der Waals surface area contributed by atoms with Gasteiger partial charge in [-0.3, -0.25) is 9.59 Å². The second-order valence-electron chi connectivity index (χ2n) is 4.79. The number of nitrogens with zero attached hydrogens (tertiary/aromatic N) is 1. The Morgan fingerprint density at radius 3 is 2.80 bits per heavy atom. The third-order valence-corrected chi connectivity index (χ3v) is 3.21. The Hall–Kier alpha value is -1.95. The number of carbonyl (C=O) groups is 2. The lowest BCUT2D eigenvalue weighted by Crippen LogP contribution is -2.33. The lowest BCUT2D eigenvalue weighted by molar-refractivity contribution is -0.125.